The minimum absolute atomic E-state index is 0.139. The van der Waals surface area contributed by atoms with Gasteiger partial charge in [0.1, 0.15) is 10.6 Å². The summed E-state index contributed by atoms with van der Waals surface area (Å²) in [5, 5.41) is 2.66. The van der Waals surface area contributed by atoms with Crippen LogP contribution >= 0.6 is 24.0 Å². The summed E-state index contributed by atoms with van der Waals surface area (Å²) >= 11 is 6.38. The number of anilines is 1. The Kier molecular flexibility index (Phi) is 6.48. The normalized spacial score (nSPS) is 18.5. The molecule has 1 amide bonds. The predicted octanol–water partition coefficient (Wildman–Crippen LogP) is 4.44. The van der Waals surface area contributed by atoms with Crippen LogP contribution < -0.4 is 10.2 Å². The van der Waals surface area contributed by atoms with Crippen molar-refractivity contribution < 1.29 is 4.79 Å². The van der Waals surface area contributed by atoms with Crippen molar-refractivity contribution in [3.63, 3.8) is 0 Å². The third-order valence-electron chi connectivity index (χ3n) is 6.20. The van der Waals surface area contributed by atoms with Crippen LogP contribution in [0.15, 0.2) is 53.7 Å². The van der Waals surface area contributed by atoms with E-state index in [2.05, 4.69) is 61.9 Å². The highest BCUT2D eigenvalue weighted by molar-refractivity contribution is 8.26. The number of hydrogen-bond acceptors (Lipinski definition) is 6. The molecule has 33 heavy (non-hydrogen) atoms. The summed E-state index contributed by atoms with van der Waals surface area (Å²) in [5.41, 5.74) is 5.21. The summed E-state index contributed by atoms with van der Waals surface area (Å²) in [6.07, 6.45) is 6.27. The molecular formula is C25H27N5OS2. The summed E-state index contributed by atoms with van der Waals surface area (Å²) in [4.78, 5) is 22.2. The van der Waals surface area contributed by atoms with Crippen LogP contribution in [0.2, 0.25) is 0 Å². The number of rotatable bonds is 6. The highest BCUT2D eigenvalue weighted by atomic mass is 32.2. The minimum atomic E-state index is -0.139. The highest BCUT2D eigenvalue weighted by Crippen LogP contribution is 2.28. The van der Waals surface area contributed by atoms with E-state index < -0.39 is 0 Å². The van der Waals surface area contributed by atoms with Gasteiger partial charge in [-0.3, -0.25) is 14.3 Å². The molecule has 0 aliphatic carbocycles. The molecule has 2 aliphatic heterocycles. The second kappa shape index (κ2) is 9.67. The number of fused-ring (bicyclic) bond motifs is 1. The summed E-state index contributed by atoms with van der Waals surface area (Å²) in [6, 6.07) is 14.7. The van der Waals surface area contributed by atoms with Crippen molar-refractivity contribution in [1.82, 2.24) is 19.8 Å². The molecule has 2 fully saturated rings. The van der Waals surface area contributed by atoms with Crippen LogP contribution in [-0.2, 0) is 4.79 Å². The first-order chi connectivity index (χ1) is 16.1. The van der Waals surface area contributed by atoms with Gasteiger partial charge in [0.2, 0.25) is 0 Å². The average molecular weight is 478 g/mol. The Hall–Kier alpha value is -2.68. The van der Waals surface area contributed by atoms with E-state index >= 15 is 0 Å². The number of carbonyl (C=O) groups is 1. The molecule has 0 unspecified atom stereocenters. The van der Waals surface area contributed by atoms with Crippen LogP contribution in [0, 0.1) is 0 Å². The van der Waals surface area contributed by atoms with E-state index in [0.29, 0.717) is 9.23 Å². The van der Waals surface area contributed by atoms with E-state index in [1.165, 1.54) is 36.8 Å². The number of unbranched alkanes of at least 4 members (excludes halogenated alkanes) is 1. The third-order valence-corrected chi connectivity index (χ3v) is 7.37. The Balaban J connectivity index is 1.34. The quantitative estimate of drug-likeness (QED) is 0.419. The maximum atomic E-state index is 12.0. The molecule has 1 aromatic heterocycles. The van der Waals surface area contributed by atoms with Crippen molar-refractivity contribution in [1.29, 1.82) is 0 Å². The van der Waals surface area contributed by atoms with Crippen LogP contribution in [0.5, 0.6) is 0 Å². The smallest absolute Gasteiger partial charge is 0.263 e. The zero-order valence-corrected chi connectivity index (χ0v) is 20.3. The molecule has 170 valence electrons. The first-order valence-corrected chi connectivity index (χ1v) is 12.6. The molecule has 2 saturated heterocycles. The molecule has 0 bridgehead atoms. The van der Waals surface area contributed by atoms with Crippen molar-refractivity contribution in [3.8, 4) is 5.69 Å². The van der Waals surface area contributed by atoms with Gasteiger partial charge in [-0.15, -0.1) is 0 Å². The Morgan fingerprint density at radius 2 is 1.85 bits per heavy atom. The van der Waals surface area contributed by atoms with E-state index in [0.717, 1.165) is 48.5 Å². The third kappa shape index (κ3) is 4.83. The summed E-state index contributed by atoms with van der Waals surface area (Å²) < 4.78 is 2.59. The Morgan fingerprint density at radius 1 is 1.09 bits per heavy atom. The molecule has 2 aliphatic rings. The first kappa shape index (κ1) is 22.1. The number of aromatic nitrogens is 2. The van der Waals surface area contributed by atoms with Gasteiger partial charge in [-0.25, -0.2) is 4.98 Å². The zero-order chi connectivity index (χ0) is 22.8. The van der Waals surface area contributed by atoms with Crippen molar-refractivity contribution in [2.24, 2.45) is 0 Å². The number of benzene rings is 2. The maximum absolute atomic E-state index is 12.0. The molecule has 0 spiro atoms. The fourth-order valence-corrected chi connectivity index (χ4v) is 5.37. The number of amides is 1. The van der Waals surface area contributed by atoms with Gasteiger partial charge in [-0.2, -0.15) is 0 Å². The number of carbonyl (C=O) groups excluding carboxylic acids is 1. The van der Waals surface area contributed by atoms with Crippen molar-refractivity contribution in [3.05, 3.63) is 59.3 Å². The number of imidazole rings is 1. The van der Waals surface area contributed by atoms with E-state index in [-0.39, 0.29) is 5.91 Å². The Bertz CT molecular complexity index is 1210. The zero-order valence-electron chi connectivity index (χ0n) is 18.7. The Labute approximate surface area is 203 Å². The standard InChI is InChI=1S/C25H27N5OS2/c1-2-3-10-28-11-13-29(14-12-28)19-5-7-20(8-6-19)30-17-26-21-9-4-18(15-22(21)30)16-23-24(31)27-25(32)33-23/h4-9,15-17H,2-3,10-14H2,1H3,(H,27,31,32). The molecule has 0 saturated carbocycles. The highest BCUT2D eigenvalue weighted by Gasteiger charge is 2.22. The van der Waals surface area contributed by atoms with E-state index in [4.69, 9.17) is 12.2 Å². The fourth-order valence-electron chi connectivity index (χ4n) is 4.33. The van der Waals surface area contributed by atoms with Gasteiger partial charge in [0.15, 0.2) is 0 Å². The topological polar surface area (TPSA) is 53.4 Å². The predicted molar refractivity (Wildman–Crippen MR) is 141 cm³/mol. The number of thioether (sulfide) groups is 1. The lowest BCUT2D eigenvalue weighted by molar-refractivity contribution is -0.115. The summed E-state index contributed by atoms with van der Waals surface area (Å²) in [6.45, 7) is 7.88. The van der Waals surface area contributed by atoms with E-state index in [1.54, 1.807) is 0 Å². The molecule has 3 heterocycles. The molecular weight excluding hydrogens is 450 g/mol. The lowest BCUT2D eigenvalue weighted by Gasteiger charge is -2.36. The molecule has 8 heteroatoms. The van der Waals surface area contributed by atoms with Gasteiger partial charge in [-0.05, 0) is 61.0 Å². The molecule has 1 N–H and O–H groups in total. The Morgan fingerprint density at radius 3 is 2.55 bits per heavy atom. The van der Waals surface area contributed by atoms with E-state index in [1.807, 2.05) is 24.5 Å². The molecule has 2 aromatic carbocycles. The van der Waals surface area contributed by atoms with Gasteiger partial charge >= 0.3 is 0 Å². The second-order valence-corrected chi connectivity index (χ2v) is 10.1. The van der Waals surface area contributed by atoms with Crippen LogP contribution in [0.3, 0.4) is 0 Å². The molecule has 6 nitrogen and oxygen atoms in total. The molecule has 0 radical (unpaired) electrons. The maximum Gasteiger partial charge on any atom is 0.263 e. The van der Waals surface area contributed by atoms with Crippen LogP contribution in [0.4, 0.5) is 5.69 Å². The van der Waals surface area contributed by atoms with Gasteiger partial charge in [0, 0.05) is 37.6 Å². The largest absolute Gasteiger partial charge is 0.369 e. The average Bonchev–Trinajstić information content (AvgIpc) is 3.40. The SMILES string of the molecule is CCCCN1CCN(c2ccc(-n3cnc4ccc(C=C5SC(=S)NC5=O)cc43)cc2)CC1. The fraction of sp³-hybridized carbons (Fsp3) is 0.320. The summed E-state index contributed by atoms with van der Waals surface area (Å²) in [7, 11) is 0. The minimum Gasteiger partial charge on any atom is -0.369 e. The number of hydrogen-bond donors (Lipinski definition) is 1. The number of piperazine rings is 1. The van der Waals surface area contributed by atoms with E-state index in [9.17, 15) is 4.79 Å². The number of nitrogens with one attached hydrogen (secondary N) is 1. The molecule has 3 aromatic rings. The molecule has 0 atom stereocenters. The van der Waals surface area contributed by atoms with Crippen LogP contribution in [0.1, 0.15) is 25.3 Å². The van der Waals surface area contributed by atoms with Gasteiger partial charge < -0.3 is 10.2 Å². The second-order valence-electron chi connectivity index (χ2n) is 8.41. The summed E-state index contributed by atoms with van der Waals surface area (Å²) in [5.74, 6) is -0.139. The lowest BCUT2D eigenvalue weighted by atomic mass is 10.1. The monoisotopic (exact) mass is 477 g/mol. The number of nitrogens with zero attached hydrogens (tertiary/aromatic N) is 4. The van der Waals surface area contributed by atoms with Crippen molar-refractivity contribution in [2.45, 2.75) is 19.8 Å². The first-order valence-electron chi connectivity index (χ1n) is 11.4. The van der Waals surface area contributed by atoms with Crippen molar-refractivity contribution in [2.75, 3.05) is 37.6 Å². The van der Waals surface area contributed by atoms with Gasteiger partial charge in [0.05, 0.1) is 15.9 Å². The van der Waals surface area contributed by atoms with Crippen LogP contribution in [-0.4, -0.2) is 57.4 Å². The molecule has 5 rings (SSSR count). The van der Waals surface area contributed by atoms with Crippen LogP contribution in [0.25, 0.3) is 22.8 Å². The number of thiocarbonyl (C=S) groups is 1. The van der Waals surface area contributed by atoms with Gasteiger partial charge in [-0.1, -0.05) is 43.4 Å². The van der Waals surface area contributed by atoms with Crippen molar-refractivity contribution >= 4 is 57.0 Å². The lowest BCUT2D eigenvalue weighted by Crippen LogP contribution is -2.46. The van der Waals surface area contributed by atoms with Gasteiger partial charge in [0.25, 0.3) is 5.91 Å².